The maximum absolute atomic E-state index is 15.6. The van der Waals surface area contributed by atoms with Crippen molar-refractivity contribution in [2.45, 2.75) is 63.6 Å². The summed E-state index contributed by atoms with van der Waals surface area (Å²) in [6.07, 6.45) is 4.85. The number of rotatable bonds is 6. The number of carboxylic acid groups (broad SMARTS) is 1. The molecule has 3 aromatic carbocycles. The van der Waals surface area contributed by atoms with Crippen molar-refractivity contribution < 1.29 is 23.5 Å². The molecular weight excluding hydrogens is 562 g/mol. The normalized spacial score (nSPS) is 19.6. The van der Waals surface area contributed by atoms with Gasteiger partial charge in [-0.25, -0.2) is 13.6 Å². The van der Waals surface area contributed by atoms with Crippen molar-refractivity contribution in [3.63, 3.8) is 0 Å². The van der Waals surface area contributed by atoms with Crippen molar-refractivity contribution in [3.05, 3.63) is 83.6 Å². The number of nitriles is 1. The highest BCUT2D eigenvalue weighted by atomic mass is 19.1. The number of benzene rings is 3. The second kappa shape index (κ2) is 11.1. The highest BCUT2D eigenvalue weighted by Gasteiger charge is 2.44. The van der Waals surface area contributed by atoms with Crippen LogP contribution in [-0.4, -0.2) is 44.2 Å². The van der Waals surface area contributed by atoms with E-state index in [-0.39, 0.29) is 29.5 Å². The van der Waals surface area contributed by atoms with Gasteiger partial charge in [-0.05, 0) is 111 Å². The van der Waals surface area contributed by atoms with E-state index in [0.29, 0.717) is 34.2 Å². The molecule has 0 spiro atoms. The lowest BCUT2D eigenvalue weighted by molar-refractivity contribution is 0.0494. The van der Waals surface area contributed by atoms with E-state index in [1.807, 2.05) is 48.7 Å². The average molecular weight is 597 g/mol. The fourth-order valence-electron chi connectivity index (χ4n) is 7.42. The SMILES string of the molecule is Cn1ccc2cc(-c3ccc(C(=O)N4C5CCC4CC(CC(C)(C)NC(=O)O)C5)cc3-c3ccc(C#N)c(F)c3)c(F)cc21. The van der Waals surface area contributed by atoms with Crippen LogP contribution < -0.4 is 5.32 Å². The van der Waals surface area contributed by atoms with Gasteiger partial charge in [-0.2, -0.15) is 5.26 Å². The van der Waals surface area contributed by atoms with Crippen molar-refractivity contribution >= 4 is 22.9 Å². The third-order valence-electron chi connectivity index (χ3n) is 9.24. The molecule has 2 N–H and O–H groups in total. The van der Waals surface area contributed by atoms with Crippen molar-refractivity contribution in [1.29, 1.82) is 5.26 Å². The van der Waals surface area contributed by atoms with Crippen LogP contribution in [0.3, 0.4) is 0 Å². The molecule has 3 heterocycles. The van der Waals surface area contributed by atoms with Gasteiger partial charge in [0.2, 0.25) is 0 Å². The van der Waals surface area contributed by atoms with Gasteiger partial charge >= 0.3 is 6.09 Å². The zero-order valence-corrected chi connectivity index (χ0v) is 24.9. The Kier molecular flexibility index (Phi) is 7.40. The van der Waals surface area contributed by atoms with Crippen LogP contribution in [0, 0.1) is 28.9 Å². The largest absolute Gasteiger partial charge is 0.465 e. The van der Waals surface area contributed by atoms with Gasteiger partial charge in [-0.1, -0.05) is 12.1 Å². The Hall–Kier alpha value is -4.71. The fraction of sp³-hybridized carbons (Fsp3) is 0.343. The average Bonchev–Trinajstić information content (AvgIpc) is 3.46. The summed E-state index contributed by atoms with van der Waals surface area (Å²) in [7, 11) is 1.84. The predicted molar refractivity (Wildman–Crippen MR) is 164 cm³/mol. The molecule has 0 aliphatic carbocycles. The molecule has 9 heteroatoms. The van der Waals surface area contributed by atoms with Crippen molar-refractivity contribution in [3.8, 4) is 28.3 Å². The number of hydrogen-bond acceptors (Lipinski definition) is 3. The maximum atomic E-state index is 15.6. The first-order chi connectivity index (χ1) is 20.9. The molecule has 2 bridgehead atoms. The molecule has 44 heavy (non-hydrogen) atoms. The van der Waals surface area contributed by atoms with E-state index in [2.05, 4.69) is 5.32 Å². The number of hydrogen-bond donors (Lipinski definition) is 2. The lowest BCUT2D eigenvalue weighted by Gasteiger charge is -2.41. The summed E-state index contributed by atoms with van der Waals surface area (Å²) < 4.78 is 32.3. The lowest BCUT2D eigenvalue weighted by atomic mass is 9.81. The molecule has 0 radical (unpaired) electrons. The molecule has 2 atom stereocenters. The molecule has 0 saturated carbocycles. The van der Waals surface area contributed by atoms with Gasteiger partial charge in [-0.15, -0.1) is 0 Å². The van der Waals surface area contributed by atoms with E-state index in [1.54, 1.807) is 30.3 Å². The van der Waals surface area contributed by atoms with Gasteiger partial charge < -0.3 is 19.9 Å². The zero-order valence-electron chi connectivity index (χ0n) is 24.9. The van der Waals surface area contributed by atoms with Gasteiger partial charge in [0, 0.05) is 47.4 Å². The van der Waals surface area contributed by atoms with E-state index in [1.165, 1.54) is 18.2 Å². The fourth-order valence-corrected chi connectivity index (χ4v) is 7.42. The van der Waals surface area contributed by atoms with Crippen LogP contribution in [0.25, 0.3) is 33.2 Å². The molecule has 4 aromatic rings. The van der Waals surface area contributed by atoms with E-state index in [4.69, 9.17) is 0 Å². The van der Waals surface area contributed by atoms with Crippen LogP contribution in [0.1, 0.15) is 61.9 Å². The Morgan fingerprint density at radius 3 is 2.36 bits per heavy atom. The summed E-state index contributed by atoms with van der Waals surface area (Å²) in [6.45, 7) is 3.77. The number of carbonyl (C=O) groups excluding carboxylic acids is 1. The third kappa shape index (κ3) is 5.41. The lowest BCUT2D eigenvalue weighted by Crippen LogP contribution is -2.49. The summed E-state index contributed by atoms with van der Waals surface area (Å²) in [4.78, 5) is 27.3. The van der Waals surface area contributed by atoms with Crippen LogP contribution in [0.2, 0.25) is 0 Å². The summed E-state index contributed by atoms with van der Waals surface area (Å²) in [5, 5.41) is 21.9. The summed E-state index contributed by atoms with van der Waals surface area (Å²) >= 11 is 0. The molecule has 2 amide bonds. The predicted octanol–water partition coefficient (Wildman–Crippen LogP) is 7.48. The highest BCUT2D eigenvalue weighted by molar-refractivity contribution is 5.99. The van der Waals surface area contributed by atoms with Gasteiger partial charge in [0.05, 0.1) is 11.1 Å². The Morgan fingerprint density at radius 2 is 1.70 bits per heavy atom. The second-order valence-corrected chi connectivity index (χ2v) is 12.8. The molecule has 6 rings (SSSR count). The first kappa shape index (κ1) is 29.4. The molecule has 1 aromatic heterocycles. The van der Waals surface area contributed by atoms with Crippen LogP contribution in [0.5, 0.6) is 0 Å². The van der Waals surface area contributed by atoms with Gasteiger partial charge in [0.1, 0.15) is 17.7 Å². The number of nitrogens with one attached hydrogen (secondary N) is 1. The standard InChI is InChI=1S/C35H34F2N4O3/c1-35(2,39-34(43)44)18-20-12-25-7-8-26(13-20)41(25)33(42)23-6-9-27(28(15-23)21-4-5-24(19-38)30(36)16-21)29-14-22-10-11-40(3)32(22)17-31(29)37/h4-6,9-11,14-17,20,25-26,39H,7-8,12-13,18H2,1-3H3,(H,43,44). The van der Waals surface area contributed by atoms with Crippen LogP contribution in [-0.2, 0) is 7.05 Å². The minimum atomic E-state index is -1.05. The number of fused-ring (bicyclic) bond motifs is 3. The Balaban J connectivity index is 1.36. The third-order valence-corrected chi connectivity index (χ3v) is 9.24. The highest BCUT2D eigenvalue weighted by Crippen LogP contribution is 2.43. The molecule has 2 fully saturated rings. The summed E-state index contributed by atoms with van der Waals surface area (Å²) in [5.74, 6) is -0.963. The minimum Gasteiger partial charge on any atom is -0.465 e. The van der Waals surface area contributed by atoms with E-state index in [9.17, 15) is 24.3 Å². The molecule has 2 unspecified atom stereocenters. The maximum Gasteiger partial charge on any atom is 0.405 e. The Bertz CT molecular complexity index is 1830. The van der Waals surface area contributed by atoms with E-state index < -0.39 is 23.3 Å². The number of nitrogens with zero attached hydrogens (tertiary/aromatic N) is 3. The van der Waals surface area contributed by atoms with Crippen molar-refractivity contribution in [1.82, 2.24) is 14.8 Å². The Morgan fingerprint density at radius 1 is 0.977 bits per heavy atom. The number of aromatic nitrogens is 1. The smallest absolute Gasteiger partial charge is 0.405 e. The summed E-state index contributed by atoms with van der Waals surface area (Å²) in [6, 6.07) is 16.5. The zero-order chi connectivity index (χ0) is 31.3. The van der Waals surface area contributed by atoms with Crippen LogP contribution in [0.15, 0.2) is 60.8 Å². The first-order valence-corrected chi connectivity index (χ1v) is 14.9. The van der Waals surface area contributed by atoms with Crippen molar-refractivity contribution in [2.24, 2.45) is 13.0 Å². The minimum absolute atomic E-state index is 0.0419. The number of amides is 2. The van der Waals surface area contributed by atoms with Gasteiger partial charge in [0.25, 0.3) is 5.91 Å². The summed E-state index contributed by atoms with van der Waals surface area (Å²) in [5.41, 5.74) is 2.29. The topological polar surface area (TPSA) is 98.4 Å². The molecule has 226 valence electrons. The van der Waals surface area contributed by atoms with E-state index >= 15 is 4.39 Å². The van der Waals surface area contributed by atoms with Crippen LogP contribution in [0.4, 0.5) is 13.6 Å². The van der Waals surface area contributed by atoms with Crippen LogP contribution >= 0.6 is 0 Å². The molecule has 2 aliphatic heterocycles. The molecular formula is C35H34F2N4O3. The first-order valence-electron chi connectivity index (χ1n) is 14.9. The van der Waals surface area contributed by atoms with Gasteiger partial charge in [0.15, 0.2) is 0 Å². The number of piperidine rings is 1. The molecule has 2 aliphatic rings. The second-order valence-electron chi connectivity index (χ2n) is 12.8. The number of aryl methyl sites for hydroxylation is 1. The quantitative estimate of drug-likeness (QED) is 0.241. The monoisotopic (exact) mass is 596 g/mol. The molecule has 7 nitrogen and oxygen atoms in total. The number of halogens is 2. The Labute approximate surface area is 254 Å². The van der Waals surface area contributed by atoms with Gasteiger partial charge in [-0.3, -0.25) is 4.79 Å². The van der Waals surface area contributed by atoms with E-state index in [0.717, 1.165) is 36.6 Å². The molecule has 2 saturated heterocycles. The number of carbonyl (C=O) groups is 2. The van der Waals surface area contributed by atoms with Crippen molar-refractivity contribution in [2.75, 3.05) is 0 Å².